The van der Waals surface area contributed by atoms with E-state index in [4.69, 9.17) is 5.41 Å². The van der Waals surface area contributed by atoms with Crippen LogP contribution < -0.4 is 5.62 Å². The zero-order chi connectivity index (χ0) is 16.5. The molecule has 4 bridgehead atoms. The molecule has 2 aromatic rings. The van der Waals surface area contributed by atoms with Crippen molar-refractivity contribution < 1.29 is 4.79 Å². The number of para-hydroxylation sites is 2. The summed E-state index contributed by atoms with van der Waals surface area (Å²) in [5, 5.41) is 8.43. The van der Waals surface area contributed by atoms with Gasteiger partial charge in [0, 0.05) is 12.5 Å². The van der Waals surface area contributed by atoms with Crippen LogP contribution in [-0.2, 0) is 18.4 Å². The van der Waals surface area contributed by atoms with Crippen molar-refractivity contribution in [2.24, 2.45) is 30.2 Å². The molecule has 0 aliphatic heterocycles. The van der Waals surface area contributed by atoms with E-state index in [1.165, 1.54) is 19.3 Å². The van der Waals surface area contributed by atoms with Crippen molar-refractivity contribution in [1.82, 2.24) is 9.13 Å². The quantitative estimate of drug-likeness (QED) is 0.926. The number of rotatable bonds is 3. The van der Waals surface area contributed by atoms with Crippen LogP contribution in [0.15, 0.2) is 24.3 Å². The normalized spacial score (nSPS) is 34.1. The maximum absolute atomic E-state index is 13.4. The molecule has 4 nitrogen and oxygen atoms in total. The Morgan fingerprint density at radius 3 is 2.21 bits per heavy atom. The Morgan fingerprint density at radius 2 is 1.62 bits per heavy atom. The molecule has 6 rings (SSSR count). The van der Waals surface area contributed by atoms with Gasteiger partial charge in [-0.2, -0.15) is 0 Å². The van der Waals surface area contributed by atoms with E-state index in [0.717, 1.165) is 48.0 Å². The van der Waals surface area contributed by atoms with Crippen molar-refractivity contribution in [3.63, 3.8) is 0 Å². The van der Waals surface area contributed by atoms with E-state index < -0.39 is 0 Å². The number of Topliss-reactive ketones (excluding diaryl/α,β-unsaturated/α-hetero) is 1. The fourth-order valence-corrected chi connectivity index (χ4v) is 6.31. The third kappa shape index (κ3) is 1.92. The summed E-state index contributed by atoms with van der Waals surface area (Å²) >= 11 is 0. The predicted molar refractivity (Wildman–Crippen MR) is 92.4 cm³/mol. The first-order chi connectivity index (χ1) is 11.6. The Morgan fingerprint density at radius 1 is 1.08 bits per heavy atom. The van der Waals surface area contributed by atoms with Crippen molar-refractivity contribution in [2.75, 3.05) is 0 Å². The van der Waals surface area contributed by atoms with Gasteiger partial charge >= 0.3 is 0 Å². The molecule has 1 aromatic carbocycles. The monoisotopic (exact) mass is 323 g/mol. The second-order valence-electron chi connectivity index (χ2n) is 8.58. The van der Waals surface area contributed by atoms with E-state index in [-0.39, 0.29) is 5.41 Å². The number of hydrogen-bond donors (Lipinski definition) is 1. The molecule has 126 valence electrons. The predicted octanol–water partition coefficient (Wildman–Crippen LogP) is 3.24. The molecule has 1 N–H and O–H groups in total. The van der Waals surface area contributed by atoms with Crippen LogP contribution in [0.4, 0.5) is 0 Å². The van der Waals surface area contributed by atoms with Gasteiger partial charge in [0.2, 0.25) is 5.62 Å². The number of imidazole rings is 1. The number of nitrogens with zero attached hydrogens (tertiary/aromatic N) is 2. The summed E-state index contributed by atoms with van der Waals surface area (Å²) in [5.41, 5.74) is 2.38. The zero-order valence-electron chi connectivity index (χ0n) is 14.3. The summed E-state index contributed by atoms with van der Waals surface area (Å²) in [6.45, 7) is 0.367. The molecule has 4 heteroatoms. The lowest BCUT2D eigenvalue weighted by Crippen LogP contribution is -2.51. The largest absolute Gasteiger partial charge is 0.313 e. The Balaban J connectivity index is 1.52. The fourth-order valence-electron chi connectivity index (χ4n) is 6.31. The average Bonchev–Trinajstić information content (AvgIpc) is 2.79. The van der Waals surface area contributed by atoms with Gasteiger partial charge in [0.15, 0.2) is 5.78 Å². The molecule has 1 aromatic heterocycles. The third-order valence-electron chi connectivity index (χ3n) is 7.04. The summed E-state index contributed by atoms with van der Waals surface area (Å²) in [6.07, 6.45) is 7.40. The number of fused-ring (bicyclic) bond motifs is 1. The van der Waals surface area contributed by atoms with Crippen LogP contribution in [0.5, 0.6) is 0 Å². The van der Waals surface area contributed by atoms with Crippen LogP contribution in [-0.4, -0.2) is 14.9 Å². The molecule has 1 heterocycles. The summed E-state index contributed by atoms with van der Waals surface area (Å²) < 4.78 is 3.79. The van der Waals surface area contributed by atoms with Crippen LogP contribution >= 0.6 is 0 Å². The van der Waals surface area contributed by atoms with Gasteiger partial charge in [-0.15, -0.1) is 0 Å². The molecule has 24 heavy (non-hydrogen) atoms. The summed E-state index contributed by atoms with van der Waals surface area (Å²) in [4.78, 5) is 13.4. The number of carbonyl (C=O) groups excluding carboxylic acids is 1. The zero-order valence-corrected chi connectivity index (χ0v) is 14.3. The van der Waals surface area contributed by atoms with Crippen molar-refractivity contribution in [1.29, 1.82) is 5.41 Å². The highest BCUT2D eigenvalue weighted by Gasteiger charge is 2.54. The number of ketones is 1. The van der Waals surface area contributed by atoms with Crippen LogP contribution in [0, 0.1) is 28.6 Å². The number of nitrogens with one attached hydrogen (secondary N) is 1. The van der Waals surface area contributed by atoms with Gasteiger partial charge in [-0.05, 0) is 68.4 Å². The van der Waals surface area contributed by atoms with Crippen molar-refractivity contribution >= 4 is 16.8 Å². The molecular weight excluding hydrogens is 298 g/mol. The average molecular weight is 323 g/mol. The Hall–Kier alpha value is -1.84. The molecule has 0 saturated heterocycles. The SMILES string of the molecule is Cn1c(=N)n(CC(=O)C23CC4CC(CC(C4)C2)C3)c2ccccc21. The van der Waals surface area contributed by atoms with E-state index in [2.05, 4.69) is 0 Å². The highest BCUT2D eigenvalue weighted by Crippen LogP contribution is 2.60. The van der Waals surface area contributed by atoms with Gasteiger partial charge < -0.3 is 9.13 Å². The number of carbonyl (C=O) groups is 1. The lowest BCUT2D eigenvalue weighted by atomic mass is 9.48. The molecule has 0 spiro atoms. The number of benzene rings is 1. The van der Waals surface area contributed by atoms with Crippen molar-refractivity contribution in [3.8, 4) is 0 Å². The smallest absolute Gasteiger partial charge is 0.203 e. The first kappa shape index (κ1) is 14.5. The number of aromatic nitrogens is 2. The van der Waals surface area contributed by atoms with E-state index in [1.54, 1.807) is 0 Å². The lowest BCUT2D eigenvalue weighted by Gasteiger charge is -2.56. The first-order valence-corrected chi connectivity index (χ1v) is 9.28. The minimum Gasteiger partial charge on any atom is -0.313 e. The minimum atomic E-state index is -0.0782. The maximum atomic E-state index is 13.4. The van der Waals surface area contributed by atoms with E-state index in [9.17, 15) is 4.79 Å². The molecule has 4 saturated carbocycles. The van der Waals surface area contributed by atoms with Crippen molar-refractivity contribution in [2.45, 2.75) is 45.1 Å². The van der Waals surface area contributed by atoms with Gasteiger partial charge in [-0.1, -0.05) is 12.1 Å². The van der Waals surface area contributed by atoms with Gasteiger partial charge in [0.1, 0.15) is 0 Å². The summed E-state index contributed by atoms with van der Waals surface area (Å²) in [6, 6.07) is 8.04. The Kier molecular flexibility index (Phi) is 2.92. The molecule has 4 aliphatic rings. The second kappa shape index (κ2) is 4.84. The van der Waals surface area contributed by atoms with Gasteiger partial charge in [0.05, 0.1) is 17.6 Å². The molecule has 0 amide bonds. The molecule has 0 radical (unpaired) electrons. The van der Waals surface area contributed by atoms with Crippen LogP contribution in [0.25, 0.3) is 11.0 Å². The third-order valence-corrected chi connectivity index (χ3v) is 7.04. The second-order valence-corrected chi connectivity index (χ2v) is 8.58. The standard InChI is InChI=1S/C20H25N3O/c1-22-16-4-2-3-5-17(16)23(19(22)21)12-18(24)20-9-13-6-14(10-20)8-15(7-13)11-20/h2-5,13-15,21H,6-12H2,1H3. The van der Waals surface area contributed by atoms with Gasteiger partial charge in [-0.3, -0.25) is 10.2 Å². The Bertz CT molecular complexity index is 853. The summed E-state index contributed by atoms with van der Waals surface area (Å²) in [5.74, 6) is 2.74. The van der Waals surface area contributed by atoms with Crippen molar-refractivity contribution in [3.05, 3.63) is 29.9 Å². The molecule has 4 aliphatic carbocycles. The molecule has 0 atom stereocenters. The minimum absolute atomic E-state index is 0.0782. The Labute approximate surface area is 142 Å². The first-order valence-electron chi connectivity index (χ1n) is 9.28. The molecular formula is C20H25N3O. The highest BCUT2D eigenvalue weighted by atomic mass is 16.1. The fraction of sp³-hybridized carbons (Fsp3) is 0.600. The van der Waals surface area contributed by atoms with Crippen LogP contribution in [0.2, 0.25) is 0 Å². The highest BCUT2D eigenvalue weighted by molar-refractivity contribution is 5.87. The number of hydrogen-bond acceptors (Lipinski definition) is 2. The van der Waals surface area contributed by atoms with Crippen LogP contribution in [0.1, 0.15) is 38.5 Å². The number of aryl methyl sites for hydroxylation is 1. The van der Waals surface area contributed by atoms with Gasteiger partial charge in [-0.25, -0.2) is 0 Å². The van der Waals surface area contributed by atoms with Crippen LogP contribution in [0.3, 0.4) is 0 Å². The topological polar surface area (TPSA) is 50.8 Å². The maximum Gasteiger partial charge on any atom is 0.203 e. The molecule has 0 unspecified atom stereocenters. The lowest BCUT2D eigenvalue weighted by molar-refractivity contribution is -0.144. The van der Waals surface area contributed by atoms with Gasteiger partial charge in [0.25, 0.3) is 0 Å². The summed E-state index contributed by atoms with van der Waals surface area (Å²) in [7, 11) is 1.91. The van der Waals surface area contributed by atoms with E-state index in [0.29, 0.717) is 17.9 Å². The van der Waals surface area contributed by atoms with E-state index >= 15 is 0 Å². The van der Waals surface area contributed by atoms with E-state index in [1.807, 2.05) is 40.4 Å². The molecule has 4 fully saturated rings.